The normalized spacial score (nSPS) is 15.1. The smallest absolute Gasteiger partial charge is 0.319 e. The van der Waals surface area contributed by atoms with Crippen LogP contribution in [0, 0.1) is 5.92 Å². The van der Waals surface area contributed by atoms with E-state index < -0.39 is 0 Å². The third-order valence-electron chi connectivity index (χ3n) is 4.17. The molecule has 0 atom stereocenters. The van der Waals surface area contributed by atoms with E-state index in [2.05, 4.69) is 10.6 Å². The third kappa shape index (κ3) is 6.21. The van der Waals surface area contributed by atoms with Crippen LogP contribution in [0.4, 0.5) is 10.5 Å². The van der Waals surface area contributed by atoms with Gasteiger partial charge in [-0.2, -0.15) is 0 Å². The minimum atomic E-state index is -0.225. The Bertz CT molecular complexity index is 519. The SMILES string of the molecule is CCOCCOc1c(Cl)cccc1NC(=O)NCC1CCCCC1. The number of carbonyl (C=O) groups excluding carboxylic acids is 1. The third-order valence-corrected chi connectivity index (χ3v) is 4.47. The van der Waals surface area contributed by atoms with Crippen LogP contribution in [-0.4, -0.2) is 32.4 Å². The van der Waals surface area contributed by atoms with Crippen molar-refractivity contribution < 1.29 is 14.3 Å². The molecule has 0 saturated heterocycles. The standard InChI is InChI=1S/C18H27ClN2O3/c1-2-23-11-12-24-17-15(19)9-6-10-16(17)21-18(22)20-13-14-7-4-3-5-8-14/h6,9-10,14H,2-5,7-8,11-13H2,1H3,(H2,20,21,22). The van der Waals surface area contributed by atoms with E-state index in [4.69, 9.17) is 21.1 Å². The molecule has 5 nitrogen and oxygen atoms in total. The van der Waals surface area contributed by atoms with Gasteiger partial charge in [-0.05, 0) is 37.8 Å². The number of hydrogen-bond acceptors (Lipinski definition) is 3. The number of benzene rings is 1. The maximum Gasteiger partial charge on any atom is 0.319 e. The molecular weight excluding hydrogens is 328 g/mol. The maximum absolute atomic E-state index is 12.1. The summed E-state index contributed by atoms with van der Waals surface area (Å²) in [4.78, 5) is 12.1. The number of hydrogen-bond donors (Lipinski definition) is 2. The van der Waals surface area contributed by atoms with Gasteiger partial charge in [-0.15, -0.1) is 0 Å². The molecule has 2 N–H and O–H groups in total. The summed E-state index contributed by atoms with van der Waals surface area (Å²) >= 11 is 6.19. The molecule has 2 amide bonds. The molecule has 0 aliphatic heterocycles. The van der Waals surface area contributed by atoms with Crippen LogP contribution in [0.15, 0.2) is 18.2 Å². The Morgan fingerprint density at radius 2 is 2.04 bits per heavy atom. The van der Waals surface area contributed by atoms with Crippen LogP contribution >= 0.6 is 11.6 Å². The van der Waals surface area contributed by atoms with Crippen LogP contribution in [-0.2, 0) is 4.74 Å². The lowest BCUT2D eigenvalue weighted by Gasteiger charge is -2.22. The average molecular weight is 355 g/mol. The van der Waals surface area contributed by atoms with Gasteiger partial charge in [0.25, 0.3) is 0 Å². The Hall–Kier alpha value is -1.46. The average Bonchev–Trinajstić information content (AvgIpc) is 2.60. The Labute approximate surface area is 149 Å². The molecule has 0 heterocycles. The minimum Gasteiger partial charge on any atom is -0.487 e. The summed E-state index contributed by atoms with van der Waals surface area (Å²) in [6.07, 6.45) is 6.24. The number of urea groups is 1. The van der Waals surface area contributed by atoms with E-state index in [1.807, 2.05) is 6.92 Å². The molecule has 134 valence electrons. The summed E-state index contributed by atoms with van der Waals surface area (Å²) in [5.41, 5.74) is 0.570. The van der Waals surface area contributed by atoms with E-state index in [9.17, 15) is 4.79 Å². The van der Waals surface area contributed by atoms with Crippen molar-refractivity contribution in [2.75, 3.05) is 31.7 Å². The fourth-order valence-corrected chi connectivity index (χ4v) is 3.12. The lowest BCUT2D eigenvalue weighted by Crippen LogP contribution is -2.33. The Morgan fingerprint density at radius 3 is 2.79 bits per heavy atom. The Balaban J connectivity index is 1.85. The zero-order valence-electron chi connectivity index (χ0n) is 14.3. The molecule has 1 aromatic carbocycles. The summed E-state index contributed by atoms with van der Waals surface area (Å²) in [5, 5.41) is 6.25. The molecule has 0 spiro atoms. The van der Waals surface area contributed by atoms with Crippen LogP contribution in [0.2, 0.25) is 5.02 Å². The monoisotopic (exact) mass is 354 g/mol. The van der Waals surface area contributed by atoms with Crippen molar-refractivity contribution in [3.63, 3.8) is 0 Å². The molecule has 1 fully saturated rings. The summed E-state index contributed by atoms with van der Waals surface area (Å²) in [6.45, 7) is 4.15. The molecule has 0 aromatic heterocycles. The highest BCUT2D eigenvalue weighted by Crippen LogP contribution is 2.32. The van der Waals surface area contributed by atoms with Crippen LogP contribution in [0.3, 0.4) is 0 Å². The zero-order chi connectivity index (χ0) is 17.2. The van der Waals surface area contributed by atoms with Crippen molar-refractivity contribution in [3.05, 3.63) is 23.2 Å². The number of halogens is 1. The predicted octanol–water partition coefficient (Wildman–Crippen LogP) is 4.46. The van der Waals surface area contributed by atoms with Crippen LogP contribution in [0.25, 0.3) is 0 Å². The van der Waals surface area contributed by atoms with Crippen LogP contribution < -0.4 is 15.4 Å². The predicted molar refractivity (Wildman–Crippen MR) is 97.0 cm³/mol. The van der Waals surface area contributed by atoms with E-state index in [0.29, 0.717) is 48.7 Å². The van der Waals surface area contributed by atoms with Gasteiger partial charge >= 0.3 is 6.03 Å². The zero-order valence-corrected chi connectivity index (χ0v) is 15.0. The first kappa shape index (κ1) is 18.9. The summed E-state index contributed by atoms with van der Waals surface area (Å²) in [7, 11) is 0. The molecule has 0 unspecified atom stereocenters. The molecule has 1 saturated carbocycles. The highest BCUT2D eigenvalue weighted by molar-refractivity contribution is 6.32. The largest absolute Gasteiger partial charge is 0.487 e. The van der Waals surface area contributed by atoms with E-state index in [1.165, 1.54) is 32.1 Å². The van der Waals surface area contributed by atoms with E-state index in [0.717, 1.165) is 0 Å². The number of carbonyl (C=O) groups is 1. The van der Waals surface area contributed by atoms with Gasteiger partial charge in [0, 0.05) is 13.2 Å². The number of para-hydroxylation sites is 1. The molecule has 1 aromatic rings. The fourth-order valence-electron chi connectivity index (χ4n) is 2.90. The highest BCUT2D eigenvalue weighted by Gasteiger charge is 2.15. The minimum absolute atomic E-state index is 0.225. The van der Waals surface area contributed by atoms with Crippen molar-refractivity contribution >= 4 is 23.3 Å². The van der Waals surface area contributed by atoms with Gasteiger partial charge < -0.3 is 20.1 Å². The van der Waals surface area contributed by atoms with E-state index in [-0.39, 0.29) is 6.03 Å². The van der Waals surface area contributed by atoms with Gasteiger partial charge in [0.15, 0.2) is 5.75 Å². The first-order valence-corrected chi connectivity index (χ1v) is 9.12. The first-order valence-electron chi connectivity index (χ1n) is 8.74. The lowest BCUT2D eigenvalue weighted by molar-refractivity contribution is 0.110. The Kier molecular flexibility index (Phi) is 8.19. The van der Waals surface area contributed by atoms with Gasteiger partial charge in [0.2, 0.25) is 0 Å². The molecular formula is C18H27ClN2O3. The lowest BCUT2D eigenvalue weighted by atomic mass is 9.89. The molecule has 1 aliphatic rings. The first-order chi connectivity index (χ1) is 11.7. The van der Waals surface area contributed by atoms with Gasteiger partial charge in [-0.25, -0.2) is 4.79 Å². The second-order valence-corrected chi connectivity index (χ2v) is 6.41. The molecule has 6 heteroatoms. The number of ether oxygens (including phenoxy) is 2. The van der Waals surface area contributed by atoms with Crippen LogP contribution in [0.1, 0.15) is 39.0 Å². The molecule has 24 heavy (non-hydrogen) atoms. The molecule has 1 aliphatic carbocycles. The summed E-state index contributed by atoms with van der Waals surface area (Å²) in [6, 6.07) is 5.08. The topological polar surface area (TPSA) is 59.6 Å². The quantitative estimate of drug-likeness (QED) is 0.678. The van der Waals surface area contributed by atoms with Gasteiger partial charge in [0.1, 0.15) is 6.61 Å². The number of rotatable bonds is 8. The highest BCUT2D eigenvalue weighted by atomic mass is 35.5. The summed E-state index contributed by atoms with van der Waals surface area (Å²) in [5.74, 6) is 1.07. The van der Waals surface area contributed by atoms with Crippen molar-refractivity contribution in [3.8, 4) is 5.75 Å². The van der Waals surface area contributed by atoms with E-state index in [1.54, 1.807) is 18.2 Å². The van der Waals surface area contributed by atoms with Gasteiger partial charge in [-0.1, -0.05) is 36.9 Å². The number of anilines is 1. The second kappa shape index (κ2) is 10.4. The van der Waals surface area contributed by atoms with Crippen molar-refractivity contribution in [2.24, 2.45) is 5.92 Å². The molecule has 0 radical (unpaired) electrons. The van der Waals surface area contributed by atoms with E-state index >= 15 is 0 Å². The molecule has 0 bridgehead atoms. The van der Waals surface area contributed by atoms with Crippen molar-refractivity contribution in [1.29, 1.82) is 0 Å². The number of nitrogens with one attached hydrogen (secondary N) is 2. The van der Waals surface area contributed by atoms with Crippen molar-refractivity contribution in [2.45, 2.75) is 39.0 Å². The van der Waals surface area contributed by atoms with Crippen molar-refractivity contribution in [1.82, 2.24) is 5.32 Å². The fraction of sp³-hybridized carbons (Fsp3) is 0.611. The summed E-state index contributed by atoms with van der Waals surface area (Å²) < 4.78 is 10.9. The molecule has 2 rings (SSSR count). The maximum atomic E-state index is 12.1. The van der Waals surface area contributed by atoms with Crippen LogP contribution in [0.5, 0.6) is 5.75 Å². The van der Waals surface area contributed by atoms with Gasteiger partial charge in [-0.3, -0.25) is 0 Å². The second-order valence-electron chi connectivity index (χ2n) is 6.00. The number of amides is 2. The van der Waals surface area contributed by atoms with Gasteiger partial charge in [0.05, 0.1) is 17.3 Å². The Morgan fingerprint density at radius 1 is 1.25 bits per heavy atom.